The number of esters is 1. The van der Waals surface area contributed by atoms with Crippen LogP contribution < -0.4 is 9.46 Å². The molecule has 1 N–H and O–H groups in total. The van der Waals surface area contributed by atoms with E-state index in [4.69, 9.17) is 4.74 Å². The molecule has 0 saturated heterocycles. The van der Waals surface area contributed by atoms with E-state index in [2.05, 4.69) is 21.3 Å². The molecule has 0 aliphatic carbocycles. The van der Waals surface area contributed by atoms with Gasteiger partial charge in [0.15, 0.2) is 0 Å². The first-order valence-corrected chi connectivity index (χ1v) is 8.75. The van der Waals surface area contributed by atoms with Crippen LogP contribution in [-0.2, 0) is 14.8 Å². The van der Waals surface area contributed by atoms with E-state index in [1.54, 1.807) is 31.4 Å². The number of benzene rings is 2. The van der Waals surface area contributed by atoms with Gasteiger partial charge >= 0.3 is 5.97 Å². The van der Waals surface area contributed by atoms with Gasteiger partial charge in [-0.05, 0) is 48.5 Å². The number of ether oxygens (including phenoxy) is 2. The SMILES string of the molecule is COC(=O)c1ccc(S(=O)(=O)NCC#Cc2ccc(OC)cc2)cc1. The summed E-state index contributed by atoms with van der Waals surface area (Å²) in [5.74, 6) is 5.80. The van der Waals surface area contributed by atoms with Crippen molar-refractivity contribution in [2.24, 2.45) is 0 Å². The van der Waals surface area contributed by atoms with Gasteiger partial charge in [0.05, 0.1) is 31.2 Å². The third kappa shape index (κ3) is 5.08. The maximum absolute atomic E-state index is 12.2. The van der Waals surface area contributed by atoms with E-state index < -0.39 is 16.0 Å². The van der Waals surface area contributed by atoms with Crippen LogP contribution in [0, 0.1) is 11.8 Å². The highest BCUT2D eigenvalue weighted by atomic mass is 32.2. The van der Waals surface area contributed by atoms with Crippen molar-refractivity contribution in [2.45, 2.75) is 4.90 Å². The van der Waals surface area contributed by atoms with Crippen molar-refractivity contribution in [2.75, 3.05) is 20.8 Å². The molecule has 0 unspecified atom stereocenters. The van der Waals surface area contributed by atoms with Gasteiger partial charge in [0.25, 0.3) is 0 Å². The van der Waals surface area contributed by atoms with Gasteiger partial charge in [0, 0.05) is 5.56 Å². The topological polar surface area (TPSA) is 81.7 Å². The Kier molecular flexibility index (Phi) is 6.17. The Balaban J connectivity index is 1.99. The molecule has 130 valence electrons. The van der Waals surface area contributed by atoms with Crippen molar-refractivity contribution >= 4 is 16.0 Å². The quantitative estimate of drug-likeness (QED) is 0.650. The molecule has 0 fully saturated rings. The van der Waals surface area contributed by atoms with Crippen molar-refractivity contribution < 1.29 is 22.7 Å². The van der Waals surface area contributed by atoms with Crippen LogP contribution in [0.1, 0.15) is 15.9 Å². The number of carbonyl (C=O) groups excluding carboxylic acids is 1. The highest BCUT2D eigenvalue weighted by molar-refractivity contribution is 7.89. The van der Waals surface area contributed by atoms with E-state index in [0.717, 1.165) is 11.3 Å². The molecule has 0 amide bonds. The predicted molar refractivity (Wildman–Crippen MR) is 92.8 cm³/mol. The standard InChI is InChI=1S/C18H17NO5S/c1-23-16-9-5-14(6-10-16)4-3-13-19-25(21,22)17-11-7-15(8-12-17)18(20)24-2/h5-12,19H,13H2,1-2H3. The molecule has 2 aromatic rings. The second kappa shape index (κ2) is 8.33. The zero-order valence-corrected chi connectivity index (χ0v) is 14.6. The van der Waals surface area contributed by atoms with Crippen LogP contribution >= 0.6 is 0 Å². The molecule has 0 bridgehead atoms. The summed E-state index contributed by atoms with van der Waals surface area (Å²) < 4.78 is 36.3. The molecular weight excluding hydrogens is 342 g/mol. The fraction of sp³-hybridized carbons (Fsp3) is 0.167. The molecule has 0 saturated carbocycles. The third-order valence-electron chi connectivity index (χ3n) is 3.26. The van der Waals surface area contributed by atoms with Gasteiger partial charge in [-0.2, -0.15) is 4.72 Å². The molecule has 6 nitrogen and oxygen atoms in total. The number of methoxy groups -OCH3 is 2. The number of nitrogens with one attached hydrogen (secondary N) is 1. The maximum Gasteiger partial charge on any atom is 0.337 e. The number of hydrogen-bond acceptors (Lipinski definition) is 5. The molecule has 2 aromatic carbocycles. The lowest BCUT2D eigenvalue weighted by atomic mass is 10.2. The number of rotatable bonds is 5. The van der Waals surface area contributed by atoms with Gasteiger partial charge in [0.2, 0.25) is 10.0 Å². The average Bonchev–Trinajstić information content (AvgIpc) is 2.65. The van der Waals surface area contributed by atoms with Gasteiger partial charge in [-0.15, -0.1) is 0 Å². The van der Waals surface area contributed by atoms with Crippen LogP contribution in [0.5, 0.6) is 5.75 Å². The smallest absolute Gasteiger partial charge is 0.337 e. The molecule has 0 aliphatic heterocycles. The van der Waals surface area contributed by atoms with Crippen molar-refractivity contribution in [1.82, 2.24) is 4.72 Å². The average molecular weight is 359 g/mol. The van der Waals surface area contributed by atoms with Crippen LogP contribution in [0.25, 0.3) is 0 Å². The van der Waals surface area contributed by atoms with E-state index in [-0.39, 0.29) is 17.0 Å². The van der Waals surface area contributed by atoms with Crippen LogP contribution in [0.2, 0.25) is 0 Å². The Morgan fingerprint density at radius 3 is 2.24 bits per heavy atom. The van der Waals surface area contributed by atoms with Crippen LogP contribution in [0.15, 0.2) is 53.4 Å². The van der Waals surface area contributed by atoms with E-state index in [9.17, 15) is 13.2 Å². The summed E-state index contributed by atoms with van der Waals surface area (Å²) in [6.07, 6.45) is 0. The Labute approximate surface area is 146 Å². The second-order valence-electron chi connectivity index (χ2n) is 4.87. The monoisotopic (exact) mass is 359 g/mol. The summed E-state index contributed by atoms with van der Waals surface area (Å²) in [4.78, 5) is 11.4. The third-order valence-corrected chi connectivity index (χ3v) is 4.68. The fourth-order valence-electron chi connectivity index (χ4n) is 1.92. The molecule has 0 radical (unpaired) electrons. The molecule has 0 aliphatic rings. The zero-order chi connectivity index (χ0) is 18.3. The lowest BCUT2D eigenvalue weighted by molar-refractivity contribution is 0.0600. The van der Waals surface area contributed by atoms with Gasteiger partial charge in [-0.1, -0.05) is 11.8 Å². The van der Waals surface area contributed by atoms with E-state index in [1.165, 1.54) is 31.4 Å². The van der Waals surface area contributed by atoms with Gasteiger partial charge in [-0.3, -0.25) is 0 Å². The largest absolute Gasteiger partial charge is 0.497 e. The maximum atomic E-state index is 12.2. The van der Waals surface area contributed by atoms with E-state index in [1.807, 2.05) is 0 Å². The van der Waals surface area contributed by atoms with Crippen molar-refractivity contribution in [3.63, 3.8) is 0 Å². The summed E-state index contributed by atoms with van der Waals surface area (Å²) in [5, 5.41) is 0. The summed E-state index contributed by atoms with van der Waals surface area (Å²) in [5.41, 5.74) is 1.03. The summed E-state index contributed by atoms with van der Waals surface area (Å²) in [6.45, 7) is -0.0346. The summed E-state index contributed by atoms with van der Waals surface area (Å²) in [6, 6.07) is 12.6. The molecule has 0 spiro atoms. The van der Waals surface area contributed by atoms with E-state index >= 15 is 0 Å². The second-order valence-corrected chi connectivity index (χ2v) is 6.64. The Morgan fingerprint density at radius 2 is 1.68 bits per heavy atom. The zero-order valence-electron chi connectivity index (χ0n) is 13.8. The molecule has 7 heteroatoms. The molecular formula is C18H17NO5S. The van der Waals surface area contributed by atoms with Crippen LogP contribution in [0.3, 0.4) is 0 Å². The molecule has 0 aromatic heterocycles. The minimum absolute atomic E-state index is 0.0346. The first kappa shape index (κ1) is 18.5. The van der Waals surface area contributed by atoms with Gasteiger partial charge in [0.1, 0.15) is 5.75 Å². The summed E-state index contributed by atoms with van der Waals surface area (Å²) in [7, 11) is -0.863. The Hall–Kier alpha value is -2.82. The van der Waals surface area contributed by atoms with Gasteiger partial charge < -0.3 is 9.47 Å². The molecule has 0 atom stereocenters. The van der Waals surface area contributed by atoms with Crippen molar-refractivity contribution in [3.8, 4) is 17.6 Å². The Bertz CT molecular complexity index is 891. The number of hydrogen-bond donors (Lipinski definition) is 1. The highest BCUT2D eigenvalue weighted by Crippen LogP contribution is 2.11. The fourth-order valence-corrected chi connectivity index (χ4v) is 2.85. The molecule has 0 heterocycles. The minimum Gasteiger partial charge on any atom is -0.497 e. The van der Waals surface area contributed by atoms with Crippen LogP contribution in [-0.4, -0.2) is 35.2 Å². The lowest BCUT2D eigenvalue weighted by Gasteiger charge is -2.05. The van der Waals surface area contributed by atoms with Crippen molar-refractivity contribution in [3.05, 3.63) is 59.7 Å². The summed E-state index contributed by atoms with van der Waals surface area (Å²) >= 11 is 0. The number of carbonyl (C=O) groups is 1. The van der Waals surface area contributed by atoms with E-state index in [0.29, 0.717) is 0 Å². The minimum atomic E-state index is -3.70. The normalized spacial score (nSPS) is 10.5. The Morgan fingerprint density at radius 1 is 1.04 bits per heavy atom. The highest BCUT2D eigenvalue weighted by Gasteiger charge is 2.14. The first-order chi connectivity index (χ1) is 12.0. The molecule has 2 rings (SSSR count). The lowest BCUT2D eigenvalue weighted by Crippen LogP contribution is -2.24. The predicted octanol–water partition coefficient (Wildman–Crippen LogP) is 1.81. The number of sulfonamides is 1. The first-order valence-electron chi connectivity index (χ1n) is 7.27. The van der Waals surface area contributed by atoms with Gasteiger partial charge in [-0.25, -0.2) is 13.2 Å². The molecule has 25 heavy (non-hydrogen) atoms. The van der Waals surface area contributed by atoms with Crippen molar-refractivity contribution in [1.29, 1.82) is 0 Å². The van der Waals surface area contributed by atoms with Crippen LogP contribution in [0.4, 0.5) is 0 Å².